The molecule has 0 atom stereocenters. The Labute approximate surface area is 196 Å². The summed E-state index contributed by atoms with van der Waals surface area (Å²) in [6.45, 7) is 6.52. The van der Waals surface area contributed by atoms with Gasteiger partial charge in [-0.3, -0.25) is 0 Å². The average molecular weight is 453 g/mol. The molecule has 1 aliphatic carbocycles. The van der Waals surface area contributed by atoms with Crippen molar-refractivity contribution < 1.29 is 9.53 Å². The Morgan fingerprint density at radius 2 is 1.97 bits per heavy atom. The third-order valence-corrected chi connectivity index (χ3v) is 8.48. The molecule has 0 bridgehead atoms. The van der Waals surface area contributed by atoms with E-state index in [0.717, 1.165) is 64.0 Å². The van der Waals surface area contributed by atoms with Crippen molar-refractivity contribution in [2.75, 3.05) is 33.0 Å². The maximum Gasteiger partial charge on any atom is 0.348 e. The lowest BCUT2D eigenvalue weighted by Crippen LogP contribution is -2.31. The SMILES string of the molecule is CCc1cc(-c2cc(C3=C(C4CCC(C)CC4)CN(C)CC3)c(C(=O)OC)s2)ccc1N. The first kappa shape index (κ1) is 23.1. The molecule has 1 saturated carbocycles. The van der Waals surface area contributed by atoms with Crippen LogP contribution < -0.4 is 5.73 Å². The molecule has 0 saturated heterocycles. The highest BCUT2D eigenvalue weighted by atomic mass is 32.1. The summed E-state index contributed by atoms with van der Waals surface area (Å²) >= 11 is 1.55. The van der Waals surface area contributed by atoms with Gasteiger partial charge in [-0.25, -0.2) is 4.79 Å². The van der Waals surface area contributed by atoms with E-state index in [1.807, 2.05) is 6.07 Å². The highest BCUT2D eigenvalue weighted by Gasteiger charge is 2.30. The Balaban J connectivity index is 1.81. The van der Waals surface area contributed by atoms with Gasteiger partial charge in [-0.15, -0.1) is 11.3 Å². The molecule has 0 spiro atoms. The molecule has 1 aliphatic heterocycles. The van der Waals surface area contributed by atoms with Gasteiger partial charge in [0.25, 0.3) is 0 Å². The molecule has 0 radical (unpaired) electrons. The number of nitrogen functional groups attached to an aromatic ring is 1. The van der Waals surface area contributed by atoms with Crippen LogP contribution in [-0.4, -0.2) is 38.1 Å². The van der Waals surface area contributed by atoms with E-state index in [1.54, 1.807) is 16.9 Å². The van der Waals surface area contributed by atoms with E-state index < -0.39 is 0 Å². The van der Waals surface area contributed by atoms with Crippen molar-refractivity contribution in [2.24, 2.45) is 11.8 Å². The zero-order chi connectivity index (χ0) is 22.8. The number of nitrogens with zero attached hydrogens (tertiary/aromatic N) is 1. The van der Waals surface area contributed by atoms with Crippen LogP contribution in [0.4, 0.5) is 5.69 Å². The molecule has 172 valence electrons. The van der Waals surface area contributed by atoms with E-state index in [4.69, 9.17) is 10.5 Å². The number of esters is 1. The molecule has 2 heterocycles. The second kappa shape index (κ2) is 9.80. The number of nitrogens with two attached hydrogens (primary N) is 1. The first-order valence-electron chi connectivity index (χ1n) is 11.9. The average Bonchev–Trinajstić information content (AvgIpc) is 3.24. The summed E-state index contributed by atoms with van der Waals surface area (Å²) in [6.07, 6.45) is 7.00. The quantitative estimate of drug-likeness (QED) is 0.430. The highest BCUT2D eigenvalue weighted by Crippen LogP contribution is 2.43. The number of thiophene rings is 1. The summed E-state index contributed by atoms with van der Waals surface area (Å²) in [5, 5.41) is 0. The molecular formula is C27H36N2O2S. The second-order valence-electron chi connectivity index (χ2n) is 9.56. The van der Waals surface area contributed by atoms with Gasteiger partial charge in [0.05, 0.1) is 7.11 Å². The van der Waals surface area contributed by atoms with Crippen molar-refractivity contribution in [3.63, 3.8) is 0 Å². The van der Waals surface area contributed by atoms with Crippen LogP contribution in [-0.2, 0) is 11.2 Å². The predicted molar refractivity (Wildman–Crippen MR) is 135 cm³/mol. The first-order chi connectivity index (χ1) is 15.4. The normalized spacial score (nSPS) is 22.2. The Morgan fingerprint density at radius 3 is 2.66 bits per heavy atom. The molecular weight excluding hydrogens is 416 g/mol. The maximum atomic E-state index is 12.8. The Hall–Kier alpha value is -2.11. The highest BCUT2D eigenvalue weighted by molar-refractivity contribution is 7.17. The summed E-state index contributed by atoms with van der Waals surface area (Å²) in [5.41, 5.74) is 13.3. The third-order valence-electron chi connectivity index (χ3n) is 7.32. The minimum absolute atomic E-state index is 0.231. The molecule has 1 aromatic heterocycles. The number of carbonyl (C=O) groups excluding carboxylic acids is 1. The van der Waals surface area contributed by atoms with Gasteiger partial charge in [0.1, 0.15) is 4.88 Å². The topological polar surface area (TPSA) is 55.6 Å². The number of rotatable bonds is 5. The number of carbonyl (C=O) groups is 1. The summed E-state index contributed by atoms with van der Waals surface area (Å²) in [5.74, 6) is 1.22. The predicted octanol–water partition coefficient (Wildman–Crippen LogP) is 6.26. The van der Waals surface area contributed by atoms with Crippen molar-refractivity contribution in [3.05, 3.63) is 45.8 Å². The Morgan fingerprint density at radius 1 is 1.22 bits per heavy atom. The number of ether oxygens (including phenoxy) is 1. The molecule has 32 heavy (non-hydrogen) atoms. The molecule has 4 rings (SSSR count). The minimum atomic E-state index is -0.231. The molecule has 0 amide bonds. The van der Waals surface area contributed by atoms with E-state index in [2.05, 4.69) is 44.0 Å². The lowest BCUT2D eigenvalue weighted by molar-refractivity contribution is 0.0606. The van der Waals surface area contributed by atoms with E-state index >= 15 is 0 Å². The van der Waals surface area contributed by atoms with Gasteiger partial charge in [-0.2, -0.15) is 0 Å². The lowest BCUT2D eigenvalue weighted by atomic mass is 9.75. The van der Waals surface area contributed by atoms with Crippen molar-refractivity contribution in [2.45, 2.75) is 52.4 Å². The number of hydrogen-bond donors (Lipinski definition) is 1. The summed E-state index contributed by atoms with van der Waals surface area (Å²) in [4.78, 5) is 17.1. The number of methoxy groups -OCH3 is 1. The van der Waals surface area contributed by atoms with Crippen molar-refractivity contribution in [1.82, 2.24) is 4.90 Å². The summed E-state index contributed by atoms with van der Waals surface area (Å²) in [6, 6.07) is 8.44. The molecule has 5 heteroatoms. The number of aryl methyl sites for hydroxylation is 1. The van der Waals surface area contributed by atoms with Gasteiger partial charge in [0.2, 0.25) is 0 Å². The molecule has 1 aromatic carbocycles. The fourth-order valence-electron chi connectivity index (χ4n) is 5.29. The van der Waals surface area contributed by atoms with Gasteiger partial charge in [-0.05, 0) is 85.0 Å². The van der Waals surface area contributed by atoms with Crippen LogP contribution in [0.1, 0.15) is 66.8 Å². The van der Waals surface area contributed by atoms with Crippen LogP contribution in [0.2, 0.25) is 0 Å². The maximum absolute atomic E-state index is 12.8. The van der Waals surface area contributed by atoms with E-state index in [9.17, 15) is 4.79 Å². The fourth-order valence-corrected chi connectivity index (χ4v) is 6.39. The smallest absolute Gasteiger partial charge is 0.348 e. The van der Waals surface area contributed by atoms with E-state index in [1.165, 1.54) is 38.4 Å². The van der Waals surface area contributed by atoms with Crippen LogP contribution >= 0.6 is 11.3 Å². The second-order valence-corrected chi connectivity index (χ2v) is 10.6. The van der Waals surface area contributed by atoms with Gasteiger partial charge < -0.3 is 15.4 Å². The van der Waals surface area contributed by atoms with Crippen LogP contribution in [0.25, 0.3) is 16.0 Å². The van der Waals surface area contributed by atoms with Gasteiger partial charge in [-0.1, -0.05) is 32.8 Å². The molecule has 2 aliphatic rings. The van der Waals surface area contributed by atoms with Crippen molar-refractivity contribution >= 4 is 28.6 Å². The number of likely N-dealkylation sites (N-methyl/N-ethyl adjacent to an activating group) is 1. The number of hydrogen-bond acceptors (Lipinski definition) is 5. The monoisotopic (exact) mass is 452 g/mol. The van der Waals surface area contributed by atoms with Crippen molar-refractivity contribution in [1.29, 1.82) is 0 Å². The molecule has 2 aromatic rings. The van der Waals surface area contributed by atoms with E-state index in [0.29, 0.717) is 5.92 Å². The zero-order valence-corrected chi connectivity index (χ0v) is 20.7. The minimum Gasteiger partial charge on any atom is -0.465 e. The fraction of sp³-hybridized carbons (Fsp3) is 0.519. The van der Waals surface area contributed by atoms with Gasteiger partial charge in [0, 0.05) is 29.2 Å². The van der Waals surface area contributed by atoms with Gasteiger partial charge in [0.15, 0.2) is 0 Å². The molecule has 2 N–H and O–H groups in total. The largest absolute Gasteiger partial charge is 0.465 e. The summed E-state index contributed by atoms with van der Waals surface area (Å²) in [7, 11) is 3.69. The van der Waals surface area contributed by atoms with Crippen molar-refractivity contribution in [3.8, 4) is 10.4 Å². The van der Waals surface area contributed by atoms with E-state index in [-0.39, 0.29) is 5.97 Å². The van der Waals surface area contributed by atoms with Crippen LogP contribution in [0.5, 0.6) is 0 Å². The van der Waals surface area contributed by atoms with Crippen LogP contribution in [0.15, 0.2) is 29.8 Å². The number of anilines is 1. The molecule has 0 unspecified atom stereocenters. The summed E-state index contributed by atoms with van der Waals surface area (Å²) < 4.78 is 5.22. The standard InChI is InChI=1S/C27H36N2O2S/c1-5-18-14-20(10-11-24(18)28)25-15-22(26(32-25)27(30)31-4)21-12-13-29(3)16-23(21)19-8-6-17(2)7-9-19/h10-11,14-15,17,19H,5-9,12-13,16,28H2,1-4H3. The van der Waals surface area contributed by atoms with Crippen LogP contribution in [0.3, 0.4) is 0 Å². The zero-order valence-electron chi connectivity index (χ0n) is 19.9. The molecule has 4 nitrogen and oxygen atoms in total. The van der Waals surface area contributed by atoms with Gasteiger partial charge >= 0.3 is 5.97 Å². The first-order valence-corrected chi connectivity index (χ1v) is 12.7. The number of benzene rings is 1. The third kappa shape index (κ3) is 4.65. The Bertz CT molecular complexity index is 1010. The molecule has 1 fully saturated rings. The van der Waals surface area contributed by atoms with Crippen LogP contribution in [0, 0.1) is 11.8 Å². The lowest BCUT2D eigenvalue weighted by Gasteiger charge is -2.35. The Kier molecular flexibility index (Phi) is 7.06.